The summed E-state index contributed by atoms with van der Waals surface area (Å²) in [6.45, 7) is 1.64. The van der Waals surface area contributed by atoms with Gasteiger partial charge in [0.15, 0.2) is 4.96 Å². The minimum Gasteiger partial charge on any atom is -0.354 e. The van der Waals surface area contributed by atoms with Crippen LogP contribution in [0.5, 0.6) is 0 Å². The van der Waals surface area contributed by atoms with Gasteiger partial charge in [-0.1, -0.05) is 6.07 Å². The first kappa shape index (κ1) is 19.0. The van der Waals surface area contributed by atoms with Gasteiger partial charge in [-0.25, -0.2) is 13.8 Å². The lowest BCUT2D eigenvalue weighted by molar-refractivity contribution is -0.138. The highest BCUT2D eigenvalue weighted by molar-refractivity contribution is 7.17. The Balaban J connectivity index is 2.11. The van der Waals surface area contributed by atoms with Crippen molar-refractivity contribution in [3.63, 3.8) is 0 Å². The van der Waals surface area contributed by atoms with Crippen LogP contribution in [0.15, 0.2) is 29.1 Å². The predicted molar refractivity (Wildman–Crippen MR) is 91.7 cm³/mol. The van der Waals surface area contributed by atoms with Crippen molar-refractivity contribution in [2.75, 3.05) is 7.05 Å². The first-order chi connectivity index (χ1) is 12.6. The Morgan fingerprint density at radius 2 is 2.00 bits per heavy atom. The zero-order valence-electron chi connectivity index (χ0n) is 14.1. The van der Waals surface area contributed by atoms with Crippen LogP contribution in [0.25, 0.3) is 4.96 Å². The van der Waals surface area contributed by atoms with E-state index in [0.717, 1.165) is 33.9 Å². The Bertz CT molecular complexity index is 1100. The molecule has 0 spiro atoms. The van der Waals surface area contributed by atoms with E-state index in [1.165, 1.54) is 7.05 Å². The summed E-state index contributed by atoms with van der Waals surface area (Å²) in [5, 5.41) is 2.43. The summed E-state index contributed by atoms with van der Waals surface area (Å²) < 4.78 is 53.8. The number of aryl methyl sites for hydroxylation is 1. The van der Waals surface area contributed by atoms with Gasteiger partial charge in [-0.15, -0.1) is 11.3 Å². The summed E-state index contributed by atoms with van der Waals surface area (Å²) in [6.07, 6.45) is -5.03. The van der Waals surface area contributed by atoms with Gasteiger partial charge in [0.1, 0.15) is 11.5 Å². The monoisotopic (exact) mass is 399 g/mol. The highest BCUT2D eigenvalue weighted by Crippen LogP contribution is 2.33. The van der Waals surface area contributed by atoms with E-state index in [-0.39, 0.29) is 28.3 Å². The van der Waals surface area contributed by atoms with Gasteiger partial charge < -0.3 is 5.32 Å². The molecule has 0 radical (unpaired) electrons. The molecule has 27 heavy (non-hydrogen) atoms. The van der Waals surface area contributed by atoms with Gasteiger partial charge in [0.25, 0.3) is 11.5 Å². The molecular weight excluding hydrogens is 386 g/mol. The molecule has 3 rings (SSSR count). The molecule has 10 heteroatoms. The number of fused-ring (bicyclic) bond motifs is 1. The lowest BCUT2D eigenvalue weighted by Gasteiger charge is -2.12. The molecule has 0 atom stereocenters. The maximum atomic E-state index is 13.2. The van der Waals surface area contributed by atoms with Gasteiger partial charge >= 0.3 is 6.18 Å². The second-order valence-electron chi connectivity index (χ2n) is 5.77. The molecule has 2 heterocycles. The molecule has 0 saturated heterocycles. The first-order valence-electron chi connectivity index (χ1n) is 7.71. The van der Waals surface area contributed by atoms with E-state index in [1.807, 2.05) is 0 Å². The fraction of sp³-hybridized carbons (Fsp3) is 0.235. The molecule has 0 unspecified atom stereocenters. The Morgan fingerprint density at radius 1 is 1.30 bits per heavy atom. The van der Waals surface area contributed by atoms with E-state index in [2.05, 4.69) is 10.3 Å². The minimum atomic E-state index is -4.73. The Labute approximate surface area is 154 Å². The van der Waals surface area contributed by atoms with Crippen LogP contribution in [0.3, 0.4) is 0 Å². The number of aromatic nitrogens is 2. The highest BCUT2D eigenvalue weighted by Gasteiger charge is 2.34. The van der Waals surface area contributed by atoms with Gasteiger partial charge in [-0.3, -0.25) is 9.59 Å². The molecule has 0 aliphatic rings. The summed E-state index contributed by atoms with van der Waals surface area (Å²) in [4.78, 5) is 29.4. The number of hydrogen-bond acceptors (Lipinski definition) is 4. The number of alkyl halides is 3. The number of halogens is 4. The lowest BCUT2D eigenvalue weighted by Crippen LogP contribution is -2.25. The van der Waals surface area contributed by atoms with E-state index in [1.54, 1.807) is 6.92 Å². The van der Waals surface area contributed by atoms with Crippen molar-refractivity contribution in [3.8, 4) is 0 Å². The number of carbonyl (C=O) groups is 1. The molecule has 142 valence electrons. The fourth-order valence-corrected chi connectivity index (χ4v) is 3.75. The fourth-order valence-electron chi connectivity index (χ4n) is 2.76. The van der Waals surface area contributed by atoms with Crippen molar-refractivity contribution in [1.82, 2.24) is 14.7 Å². The van der Waals surface area contributed by atoms with E-state index in [0.29, 0.717) is 10.9 Å². The van der Waals surface area contributed by atoms with Crippen LogP contribution in [-0.2, 0) is 12.6 Å². The number of carbonyl (C=O) groups excluding carboxylic acids is 1. The molecule has 0 saturated carbocycles. The predicted octanol–water partition coefficient (Wildman–Crippen LogP) is 3.17. The SMILES string of the molecule is CNC(=O)c1c(C)sc2nc(Cc3ccc(F)cc3C(F)(F)F)cc(=O)n12. The second-order valence-corrected chi connectivity index (χ2v) is 6.95. The smallest absolute Gasteiger partial charge is 0.354 e. The molecule has 1 amide bonds. The van der Waals surface area contributed by atoms with Gasteiger partial charge in [0, 0.05) is 24.4 Å². The molecule has 2 aromatic heterocycles. The van der Waals surface area contributed by atoms with Gasteiger partial charge in [-0.2, -0.15) is 13.2 Å². The molecule has 1 aromatic carbocycles. The first-order valence-corrected chi connectivity index (χ1v) is 8.53. The topological polar surface area (TPSA) is 63.5 Å². The van der Waals surface area contributed by atoms with Crippen molar-refractivity contribution in [3.05, 3.63) is 67.8 Å². The maximum Gasteiger partial charge on any atom is 0.416 e. The Morgan fingerprint density at radius 3 is 2.63 bits per heavy atom. The average Bonchev–Trinajstić information content (AvgIpc) is 2.91. The van der Waals surface area contributed by atoms with Gasteiger partial charge in [0.05, 0.1) is 11.3 Å². The molecule has 3 aromatic rings. The largest absolute Gasteiger partial charge is 0.416 e. The normalized spacial score (nSPS) is 11.8. The molecule has 0 aliphatic carbocycles. The standard InChI is InChI=1S/C17H13F4N3O2S/c1-8-14(15(26)22-2)24-13(25)7-11(23-16(24)27-8)5-9-3-4-10(18)6-12(9)17(19,20)21/h3-4,6-7H,5H2,1-2H3,(H,22,26). The van der Waals surface area contributed by atoms with E-state index < -0.39 is 29.0 Å². The number of nitrogens with one attached hydrogen (secondary N) is 1. The number of thiazole rings is 1. The van der Waals surface area contributed by atoms with Crippen molar-refractivity contribution in [1.29, 1.82) is 0 Å². The third-order valence-corrected chi connectivity index (χ3v) is 4.89. The zero-order valence-corrected chi connectivity index (χ0v) is 15.0. The number of amides is 1. The van der Waals surface area contributed by atoms with E-state index in [9.17, 15) is 27.2 Å². The summed E-state index contributed by atoms with van der Waals surface area (Å²) in [6, 6.07) is 3.45. The van der Waals surface area contributed by atoms with Crippen LogP contribution in [-0.4, -0.2) is 22.3 Å². The second kappa shape index (κ2) is 6.76. The molecule has 0 fully saturated rings. The Kier molecular flexibility index (Phi) is 4.77. The third-order valence-electron chi connectivity index (χ3n) is 3.93. The summed E-state index contributed by atoms with van der Waals surface area (Å²) in [5.41, 5.74) is -1.65. The van der Waals surface area contributed by atoms with Crippen LogP contribution in [0.1, 0.15) is 32.2 Å². The quantitative estimate of drug-likeness (QED) is 0.688. The van der Waals surface area contributed by atoms with Crippen molar-refractivity contribution in [2.24, 2.45) is 0 Å². The summed E-state index contributed by atoms with van der Waals surface area (Å²) in [7, 11) is 1.42. The van der Waals surface area contributed by atoms with Crippen LogP contribution in [0, 0.1) is 12.7 Å². The lowest BCUT2D eigenvalue weighted by atomic mass is 10.0. The van der Waals surface area contributed by atoms with Crippen molar-refractivity contribution < 1.29 is 22.4 Å². The highest BCUT2D eigenvalue weighted by atomic mass is 32.1. The van der Waals surface area contributed by atoms with Crippen molar-refractivity contribution in [2.45, 2.75) is 19.5 Å². The van der Waals surface area contributed by atoms with Crippen LogP contribution in [0.2, 0.25) is 0 Å². The number of benzene rings is 1. The summed E-state index contributed by atoms with van der Waals surface area (Å²) in [5.74, 6) is -1.47. The molecule has 0 aliphatic heterocycles. The molecule has 5 nitrogen and oxygen atoms in total. The number of hydrogen-bond donors (Lipinski definition) is 1. The molecule has 1 N–H and O–H groups in total. The average molecular weight is 399 g/mol. The van der Waals surface area contributed by atoms with Gasteiger partial charge in [-0.05, 0) is 24.6 Å². The number of rotatable bonds is 3. The van der Waals surface area contributed by atoms with Gasteiger partial charge in [0.2, 0.25) is 0 Å². The third kappa shape index (κ3) is 3.57. The summed E-state index contributed by atoms with van der Waals surface area (Å²) >= 11 is 1.08. The zero-order chi connectivity index (χ0) is 19.9. The number of nitrogens with zero attached hydrogens (tertiary/aromatic N) is 2. The minimum absolute atomic E-state index is 0.0989. The maximum absolute atomic E-state index is 13.2. The molecular formula is C17H13F4N3O2S. The van der Waals surface area contributed by atoms with Crippen LogP contribution in [0.4, 0.5) is 17.6 Å². The van der Waals surface area contributed by atoms with Crippen LogP contribution < -0.4 is 10.9 Å². The molecule has 0 bridgehead atoms. The van der Waals surface area contributed by atoms with Crippen LogP contribution >= 0.6 is 11.3 Å². The van der Waals surface area contributed by atoms with Crippen molar-refractivity contribution >= 4 is 22.2 Å². The van der Waals surface area contributed by atoms with E-state index >= 15 is 0 Å². The Hall–Kier alpha value is -2.75. The van der Waals surface area contributed by atoms with E-state index in [4.69, 9.17) is 0 Å².